The lowest BCUT2D eigenvalue weighted by Gasteiger charge is -2.26. The van der Waals surface area contributed by atoms with Crippen LogP contribution in [-0.4, -0.2) is 23.9 Å². The van der Waals surface area contributed by atoms with Gasteiger partial charge in [-0.25, -0.2) is 0 Å². The molecule has 0 saturated heterocycles. The lowest BCUT2D eigenvalue weighted by Crippen LogP contribution is -2.38. The Bertz CT molecular complexity index is 474. The Balaban J connectivity index is 2.07. The summed E-state index contributed by atoms with van der Waals surface area (Å²) in [6.45, 7) is 5.53. The topological polar surface area (TPSA) is 46.3 Å². The molecule has 0 aromatic carbocycles. The number of hydrogen-bond acceptors (Lipinski definition) is 3. The summed E-state index contributed by atoms with van der Waals surface area (Å²) in [5.74, 6) is 0.625. The minimum absolute atomic E-state index is 0.0791. The van der Waals surface area contributed by atoms with Crippen LogP contribution in [0.25, 0.3) is 0 Å². The van der Waals surface area contributed by atoms with Gasteiger partial charge in [-0.15, -0.1) is 17.9 Å². The number of nitrogens with two attached hydrogens (primary N) is 1. The van der Waals surface area contributed by atoms with E-state index in [1.807, 2.05) is 17.0 Å². The number of thiophene rings is 1. The summed E-state index contributed by atoms with van der Waals surface area (Å²) in [5.41, 5.74) is 5.79. The van der Waals surface area contributed by atoms with E-state index < -0.39 is 0 Å². The maximum Gasteiger partial charge on any atom is 0.226 e. The van der Waals surface area contributed by atoms with Crippen molar-refractivity contribution in [2.45, 2.75) is 25.8 Å². The van der Waals surface area contributed by atoms with E-state index in [4.69, 9.17) is 17.3 Å². The molecule has 2 rings (SSSR count). The zero-order chi connectivity index (χ0) is 14.5. The third-order valence-electron chi connectivity index (χ3n) is 3.92. The second kappa shape index (κ2) is 7.25. The number of rotatable bonds is 6. The normalized spacial score (nSPS) is 21.9. The quantitative estimate of drug-likeness (QED) is 0.819. The van der Waals surface area contributed by atoms with Crippen LogP contribution in [0.5, 0.6) is 0 Å². The van der Waals surface area contributed by atoms with Crippen molar-refractivity contribution in [1.29, 1.82) is 0 Å². The van der Waals surface area contributed by atoms with Crippen molar-refractivity contribution in [3.63, 3.8) is 0 Å². The van der Waals surface area contributed by atoms with Gasteiger partial charge in [0, 0.05) is 17.3 Å². The van der Waals surface area contributed by atoms with Crippen LogP contribution in [-0.2, 0) is 11.3 Å². The highest BCUT2D eigenvalue weighted by Crippen LogP contribution is 2.33. The molecule has 1 aromatic heterocycles. The second-order valence-corrected chi connectivity index (χ2v) is 7.05. The van der Waals surface area contributed by atoms with Crippen LogP contribution in [0.1, 0.15) is 24.1 Å². The molecule has 2 N–H and O–H groups in total. The lowest BCUT2D eigenvalue weighted by molar-refractivity contribution is -0.136. The van der Waals surface area contributed by atoms with Crippen LogP contribution >= 0.6 is 22.9 Å². The van der Waals surface area contributed by atoms with Crippen LogP contribution in [0.4, 0.5) is 0 Å². The molecule has 1 heterocycles. The predicted octanol–water partition coefficient (Wildman–Crippen LogP) is 3.29. The molecule has 110 valence electrons. The highest BCUT2D eigenvalue weighted by Gasteiger charge is 2.34. The SMILES string of the molecule is C=CCN(Cc1ccc(Cl)s1)C(=O)[C@@H]1CCC[C@@H]1CN. The number of carbonyl (C=O) groups excluding carboxylic acids is 1. The molecule has 0 spiro atoms. The number of carbonyl (C=O) groups is 1. The molecule has 20 heavy (non-hydrogen) atoms. The standard InChI is InChI=1S/C15H21ClN2OS/c1-2-8-18(10-12-6-7-14(16)20-12)15(19)13-5-3-4-11(13)9-17/h2,6-7,11,13H,1,3-5,8-10,17H2/t11-,13-/m1/s1. The molecule has 1 amide bonds. The molecule has 3 nitrogen and oxygen atoms in total. The Kier molecular flexibility index (Phi) is 5.64. The smallest absolute Gasteiger partial charge is 0.226 e. The fourth-order valence-corrected chi connectivity index (χ4v) is 3.99. The Labute approximate surface area is 129 Å². The first-order valence-electron chi connectivity index (χ1n) is 6.99. The van der Waals surface area contributed by atoms with Gasteiger partial charge in [-0.1, -0.05) is 24.1 Å². The van der Waals surface area contributed by atoms with Crippen molar-refractivity contribution in [3.8, 4) is 0 Å². The predicted molar refractivity (Wildman–Crippen MR) is 84.8 cm³/mol. The lowest BCUT2D eigenvalue weighted by atomic mass is 9.94. The van der Waals surface area contributed by atoms with Crippen molar-refractivity contribution in [3.05, 3.63) is 34.0 Å². The zero-order valence-electron chi connectivity index (χ0n) is 11.6. The summed E-state index contributed by atoms with van der Waals surface area (Å²) in [4.78, 5) is 15.7. The number of halogens is 1. The summed E-state index contributed by atoms with van der Waals surface area (Å²) in [7, 11) is 0. The van der Waals surface area contributed by atoms with E-state index >= 15 is 0 Å². The molecule has 0 bridgehead atoms. The van der Waals surface area contributed by atoms with Crippen molar-refractivity contribution in [1.82, 2.24) is 4.90 Å². The summed E-state index contributed by atoms with van der Waals surface area (Å²) >= 11 is 7.47. The van der Waals surface area contributed by atoms with Crippen LogP contribution < -0.4 is 5.73 Å². The Morgan fingerprint density at radius 2 is 2.35 bits per heavy atom. The van der Waals surface area contributed by atoms with Gasteiger partial charge in [0.05, 0.1) is 10.9 Å². The van der Waals surface area contributed by atoms with E-state index in [2.05, 4.69) is 6.58 Å². The van der Waals surface area contributed by atoms with E-state index in [9.17, 15) is 4.79 Å². The van der Waals surface area contributed by atoms with Gasteiger partial charge < -0.3 is 10.6 Å². The fourth-order valence-electron chi connectivity index (χ4n) is 2.89. The summed E-state index contributed by atoms with van der Waals surface area (Å²) in [5, 5.41) is 0. The van der Waals surface area contributed by atoms with E-state index in [1.165, 1.54) is 11.3 Å². The highest BCUT2D eigenvalue weighted by atomic mass is 35.5. The van der Waals surface area contributed by atoms with Crippen LogP contribution in [0.2, 0.25) is 4.34 Å². The first-order valence-corrected chi connectivity index (χ1v) is 8.19. The average molecular weight is 313 g/mol. The average Bonchev–Trinajstić information content (AvgIpc) is 3.06. The van der Waals surface area contributed by atoms with Crippen molar-refractivity contribution in [2.75, 3.05) is 13.1 Å². The van der Waals surface area contributed by atoms with Crippen molar-refractivity contribution < 1.29 is 4.79 Å². The molecule has 1 saturated carbocycles. The van der Waals surface area contributed by atoms with E-state index in [0.29, 0.717) is 25.6 Å². The third-order valence-corrected chi connectivity index (χ3v) is 5.13. The fraction of sp³-hybridized carbons (Fsp3) is 0.533. The van der Waals surface area contributed by atoms with Gasteiger partial charge in [-0.2, -0.15) is 0 Å². The van der Waals surface area contributed by atoms with Gasteiger partial charge in [-0.05, 0) is 37.4 Å². The Hall–Kier alpha value is -0.840. The molecule has 1 aromatic rings. The summed E-state index contributed by atoms with van der Waals surface area (Å²) in [6.07, 6.45) is 4.91. The molecule has 0 aliphatic heterocycles. The van der Waals surface area contributed by atoms with Crippen LogP contribution in [0, 0.1) is 11.8 Å². The van der Waals surface area contributed by atoms with E-state index in [0.717, 1.165) is 28.5 Å². The molecule has 0 unspecified atom stereocenters. The molecule has 2 atom stereocenters. The summed E-state index contributed by atoms with van der Waals surface area (Å²) < 4.78 is 0.756. The second-order valence-electron chi connectivity index (χ2n) is 5.25. The van der Waals surface area contributed by atoms with Gasteiger partial charge in [0.1, 0.15) is 0 Å². The molecule has 1 aliphatic carbocycles. The van der Waals surface area contributed by atoms with Crippen LogP contribution in [0.15, 0.2) is 24.8 Å². The molecule has 5 heteroatoms. The molecular formula is C15H21ClN2OS. The zero-order valence-corrected chi connectivity index (χ0v) is 13.1. The number of hydrogen-bond donors (Lipinski definition) is 1. The van der Waals surface area contributed by atoms with Crippen LogP contribution in [0.3, 0.4) is 0 Å². The van der Waals surface area contributed by atoms with Gasteiger partial charge in [0.25, 0.3) is 0 Å². The van der Waals surface area contributed by atoms with Gasteiger partial charge >= 0.3 is 0 Å². The Morgan fingerprint density at radius 3 is 2.95 bits per heavy atom. The van der Waals surface area contributed by atoms with Gasteiger partial charge in [0.2, 0.25) is 5.91 Å². The third kappa shape index (κ3) is 3.62. The minimum Gasteiger partial charge on any atom is -0.334 e. The Morgan fingerprint density at radius 1 is 1.55 bits per heavy atom. The largest absolute Gasteiger partial charge is 0.334 e. The van der Waals surface area contributed by atoms with Gasteiger partial charge in [0.15, 0.2) is 0 Å². The first-order chi connectivity index (χ1) is 9.65. The molecule has 1 aliphatic rings. The number of nitrogens with zero attached hydrogens (tertiary/aromatic N) is 1. The highest BCUT2D eigenvalue weighted by molar-refractivity contribution is 7.16. The molecule has 1 fully saturated rings. The first kappa shape index (κ1) is 15.5. The van der Waals surface area contributed by atoms with Gasteiger partial charge in [-0.3, -0.25) is 4.79 Å². The monoisotopic (exact) mass is 312 g/mol. The number of amides is 1. The van der Waals surface area contributed by atoms with Crippen molar-refractivity contribution in [2.24, 2.45) is 17.6 Å². The maximum absolute atomic E-state index is 12.7. The molecule has 0 radical (unpaired) electrons. The van der Waals surface area contributed by atoms with E-state index in [-0.39, 0.29) is 11.8 Å². The van der Waals surface area contributed by atoms with E-state index in [1.54, 1.807) is 6.08 Å². The van der Waals surface area contributed by atoms with Crippen molar-refractivity contribution >= 4 is 28.8 Å². The summed E-state index contributed by atoms with van der Waals surface area (Å²) in [6, 6.07) is 3.85. The molecular weight excluding hydrogens is 292 g/mol. The maximum atomic E-state index is 12.7. The minimum atomic E-state index is 0.0791.